The van der Waals surface area contributed by atoms with E-state index in [0.29, 0.717) is 16.1 Å². The third kappa shape index (κ3) is 3.97. The fraction of sp³-hybridized carbons (Fsp3) is 0.118. The standard InChI is InChI=1S/C17H16N4O2S2/c1-24-12-6-4-5-11(9-12)19-15(22)10-25-17-20-14-8-3-2-7-13(14)16(23)21(17)18/h2-9H,10,18H2,1H3,(H,19,22). The van der Waals surface area contributed by atoms with Crippen LogP contribution < -0.4 is 16.7 Å². The van der Waals surface area contributed by atoms with Gasteiger partial charge < -0.3 is 11.2 Å². The zero-order valence-corrected chi connectivity index (χ0v) is 15.1. The number of amides is 1. The number of nitrogens with one attached hydrogen (secondary N) is 1. The zero-order chi connectivity index (χ0) is 17.8. The molecule has 6 nitrogen and oxygen atoms in total. The summed E-state index contributed by atoms with van der Waals surface area (Å²) in [4.78, 5) is 29.8. The molecule has 0 spiro atoms. The number of rotatable bonds is 5. The maximum atomic E-state index is 12.2. The molecular formula is C17H16N4O2S2. The number of carbonyl (C=O) groups is 1. The van der Waals surface area contributed by atoms with Crippen LogP contribution in [-0.2, 0) is 4.79 Å². The Morgan fingerprint density at radius 2 is 2.04 bits per heavy atom. The molecule has 8 heteroatoms. The van der Waals surface area contributed by atoms with E-state index in [1.165, 1.54) is 0 Å². The van der Waals surface area contributed by atoms with Crippen molar-refractivity contribution in [3.8, 4) is 0 Å². The summed E-state index contributed by atoms with van der Waals surface area (Å²) in [5, 5.41) is 3.58. The van der Waals surface area contributed by atoms with Gasteiger partial charge in [-0.15, -0.1) is 11.8 Å². The Bertz CT molecular complexity index is 988. The van der Waals surface area contributed by atoms with Gasteiger partial charge in [0.1, 0.15) is 0 Å². The van der Waals surface area contributed by atoms with Crippen LogP contribution in [-0.4, -0.2) is 27.6 Å². The van der Waals surface area contributed by atoms with Gasteiger partial charge in [0.2, 0.25) is 5.91 Å². The van der Waals surface area contributed by atoms with E-state index in [4.69, 9.17) is 5.84 Å². The van der Waals surface area contributed by atoms with Gasteiger partial charge in [-0.2, -0.15) is 0 Å². The monoisotopic (exact) mass is 372 g/mol. The van der Waals surface area contributed by atoms with E-state index < -0.39 is 0 Å². The predicted molar refractivity (Wildman–Crippen MR) is 104 cm³/mol. The minimum atomic E-state index is -0.332. The van der Waals surface area contributed by atoms with Crippen molar-refractivity contribution in [1.82, 2.24) is 9.66 Å². The van der Waals surface area contributed by atoms with E-state index in [1.54, 1.807) is 36.0 Å². The first kappa shape index (κ1) is 17.4. The third-order valence-electron chi connectivity index (χ3n) is 3.46. The van der Waals surface area contributed by atoms with Crippen LogP contribution in [0.2, 0.25) is 0 Å². The molecule has 3 rings (SSSR count). The summed E-state index contributed by atoms with van der Waals surface area (Å²) in [6.45, 7) is 0. The molecule has 0 unspecified atom stereocenters. The molecule has 0 saturated carbocycles. The SMILES string of the molecule is CSc1cccc(NC(=O)CSc2nc3ccccc3c(=O)n2N)c1. The van der Waals surface area contributed by atoms with E-state index in [9.17, 15) is 9.59 Å². The fourth-order valence-electron chi connectivity index (χ4n) is 2.26. The van der Waals surface area contributed by atoms with Gasteiger partial charge in [0, 0.05) is 10.6 Å². The number of thioether (sulfide) groups is 2. The highest BCUT2D eigenvalue weighted by molar-refractivity contribution is 7.99. The number of nitrogens with zero attached hydrogens (tertiary/aromatic N) is 2. The normalized spacial score (nSPS) is 10.8. The molecule has 0 fully saturated rings. The molecule has 0 saturated heterocycles. The van der Waals surface area contributed by atoms with Crippen molar-refractivity contribution in [1.29, 1.82) is 0 Å². The lowest BCUT2D eigenvalue weighted by Crippen LogP contribution is -2.30. The molecule has 0 bridgehead atoms. The van der Waals surface area contributed by atoms with Crippen LogP contribution in [0.3, 0.4) is 0 Å². The van der Waals surface area contributed by atoms with Gasteiger partial charge in [-0.25, -0.2) is 9.66 Å². The first-order valence-electron chi connectivity index (χ1n) is 7.42. The van der Waals surface area contributed by atoms with E-state index in [-0.39, 0.29) is 17.2 Å². The molecule has 25 heavy (non-hydrogen) atoms. The van der Waals surface area contributed by atoms with Crippen LogP contribution in [0.5, 0.6) is 0 Å². The van der Waals surface area contributed by atoms with Crippen molar-refractivity contribution in [3.63, 3.8) is 0 Å². The molecule has 1 amide bonds. The minimum Gasteiger partial charge on any atom is -0.334 e. The topological polar surface area (TPSA) is 90.0 Å². The van der Waals surface area contributed by atoms with Crippen molar-refractivity contribution in [2.24, 2.45) is 0 Å². The molecular weight excluding hydrogens is 356 g/mol. The Balaban J connectivity index is 1.73. The summed E-state index contributed by atoms with van der Waals surface area (Å²) < 4.78 is 0.981. The average molecular weight is 372 g/mol. The summed E-state index contributed by atoms with van der Waals surface area (Å²) in [6.07, 6.45) is 1.97. The number of para-hydroxylation sites is 1. The summed E-state index contributed by atoms with van der Waals surface area (Å²) in [5.74, 6) is 5.73. The zero-order valence-electron chi connectivity index (χ0n) is 13.4. The van der Waals surface area contributed by atoms with E-state index >= 15 is 0 Å². The average Bonchev–Trinajstić information content (AvgIpc) is 2.63. The minimum absolute atomic E-state index is 0.103. The Labute approximate surface area is 152 Å². The molecule has 3 aromatic rings. The van der Waals surface area contributed by atoms with Crippen molar-refractivity contribution >= 4 is 46.0 Å². The number of aromatic nitrogens is 2. The smallest absolute Gasteiger partial charge is 0.280 e. The maximum absolute atomic E-state index is 12.2. The molecule has 0 aliphatic heterocycles. The Hall–Kier alpha value is -2.45. The van der Waals surface area contributed by atoms with Gasteiger partial charge in [0.15, 0.2) is 5.16 Å². The van der Waals surface area contributed by atoms with Crippen molar-refractivity contribution in [2.45, 2.75) is 10.1 Å². The summed E-state index contributed by atoms with van der Waals surface area (Å²) >= 11 is 2.73. The Morgan fingerprint density at radius 3 is 2.84 bits per heavy atom. The fourth-order valence-corrected chi connectivity index (χ4v) is 3.43. The van der Waals surface area contributed by atoms with Crippen LogP contribution in [0.25, 0.3) is 10.9 Å². The van der Waals surface area contributed by atoms with Crippen LogP contribution >= 0.6 is 23.5 Å². The highest BCUT2D eigenvalue weighted by Gasteiger charge is 2.11. The number of fused-ring (bicyclic) bond motifs is 1. The predicted octanol–water partition coefficient (Wildman–Crippen LogP) is 2.56. The number of nitrogen functional groups attached to an aromatic ring is 1. The maximum Gasteiger partial charge on any atom is 0.280 e. The van der Waals surface area contributed by atoms with E-state index in [1.807, 2.05) is 30.5 Å². The lowest BCUT2D eigenvalue weighted by Gasteiger charge is -2.09. The van der Waals surface area contributed by atoms with Crippen molar-refractivity contribution < 1.29 is 4.79 Å². The van der Waals surface area contributed by atoms with Gasteiger partial charge >= 0.3 is 0 Å². The first-order valence-corrected chi connectivity index (χ1v) is 9.63. The van der Waals surface area contributed by atoms with Gasteiger partial charge in [-0.05, 0) is 36.6 Å². The molecule has 0 atom stereocenters. The third-order valence-corrected chi connectivity index (χ3v) is 5.14. The van der Waals surface area contributed by atoms with Crippen LogP contribution in [0.4, 0.5) is 5.69 Å². The summed E-state index contributed by atoms with van der Waals surface area (Å²) in [6, 6.07) is 14.6. The van der Waals surface area contributed by atoms with Crippen molar-refractivity contribution in [2.75, 3.05) is 23.2 Å². The second-order valence-electron chi connectivity index (χ2n) is 5.16. The van der Waals surface area contributed by atoms with Crippen LogP contribution in [0, 0.1) is 0 Å². The second kappa shape index (κ2) is 7.62. The molecule has 1 aromatic heterocycles. The van der Waals surface area contributed by atoms with Crippen LogP contribution in [0.15, 0.2) is 63.4 Å². The van der Waals surface area contributed by atoms with Gasteiger partial charge in [0.25, 0.3) is 5.56 Å². The number of hydrogen-bond donors (Lipinski definition) is 2. The quantitative estimate of drug-likeness (QED) is 0.406. The Morgan fingerprint density at radius 1 is 1.24 bits per heavy atom. The number of hydrogen-bond acceptors (Lipinski definition) is 6. The second-order valence-corrected chi connectivity index (χ2v) is 6.98. The molecule has 0 aliphatic rings. The lowest BCUT2D eigenvalue weighted by molar-refractivity contribution is -0.113. The number of benzene rings is 2. The summed E-state index contributed by atoms with van der Waals surface area (Å²) in [5.41, 5.74) is 0.958. The van der Waals surface area contributed by atoms with Crippen LogP contribution in [0.1, 0.15) is 0 Å². The number of nitrogens with two attached hydrogens (primary N) is 1. The van der Waals surface area contributed by atoms with Gasteiger partial charge in [-0.3, -0.25) is 9.59 Å². The molecule has 1 heterocycles. The lowest BCUT2D eigenvalue weighted by atomic mass is 10.2. The largest absolute Gasteiger partial charge is 0.334 e. The molecule has 3 N–H and O–H groups in total. The highest BCUT2D eigenvalue weighted by Crippen LogP contribution is 2.20. The molecule has 0 aliphatic carbocycles. The molecule has 2 aromatic carbocycles. The van der Waals surface area contributed by atoms with E-state index in [0.717, 1.165) is 27.0 Å². The molecule has 128 valence electrons. The number of carbonyl (C=O) groups excluding carboxylic acids is 1. The highest BCUT2D eigenvalue weighted by atomic mass is 32.2. The molecule has 0 radical (unpaired) electrons. The van der Waals surface area contributed by atoms with Crippen molar-refractivity contribution in [3.05, 3.63) is 58.9 Å². The Kier molecular flexibility index (Phi) is 5.30. The summed E-state index contributed by atoms with van der Waals surface area (Å²) in [7, 11) is 0. The van der Waals surface area contributed by atoms with Gasteiger partial charge in [-0.1, -0.05) is 30.0 Å². The van der Waals surface area contributed by atoms with Gasteiger partial charge in [0.05, 0.1) is 16.7 Å². The first-order chi connectivity index (χ1) is 12.1. The van der Waals surface area contributed by atoms with E-state index in [2.05, 4.69) is 10.3 Å². The number of anilines is 1.